The summed E-state index contributed by atoms with van der Waals surface area (Å²) in [6, 6.07) is 1.44. The Hall–Kier alpha value is -1.79. The molecule has 0 N–H and O–H groups in total. The molecule has 0 amide bonds. The van der Waals surface area contributed by atoms with E-state index in [1.165, 1.54) is 12.3 Å². The molecule has 1 aromatic rings. The maximum atomic E-state index is 13.1. The van der Waals surface area contributed by atoms with Crippen LogP contribution in [0, 0.1) is 0 Å². The van der Waals surface area contributed by atoms with Crippen LogP contribution in [0.3, 0.4) is 0 Å². The Labute approximate surface area is 109 Å². The SMILES string of the molecule is CCOC(=O)c1ccnc(N2CCC(F)(F)CC2)n1. The molecule has 2 rings (SSSR count). The fourth-order valence-electron chi connectivity index (χ4n) is 1.85. The van der Waals surface area contributed by atoms with Crippen molar-refractivity contribution in [3.05, 3.63) is 18.0 Å². The molecule has 19 heavy (non-hydrogen) atoms. The second-order valence-electron chi connectivity index (χ2n) is 4.31. The van der Waals surface area contributed by atoms with Crippen molar-refractivity contribution in [2.45, 2.75) is 25.7 Å². The first-order valence-electron chi connectivity index (χ1n) is 6.15. The van der Waals surface area contributed by atoms with Gasteiger partial charge in [0, 0.05) is 32.1 Å². The standard InChI is InChI=1S/C12H15F2N3O2/c1-2-19-10(18)9-3-6-15-11(16-9)17-7-4-12(13,14)5-8-17/h3,6H,2,4-5,7-8H2,1H3. The summed E-state index contributed by atoms with van der Waals surface area (Å²) in [5.41, 5.74) is 0.143. The topological polar surface area (TPSA) is 55.3 Å². The van der Waals surface area contributed by atoms with Gasteiger partial charge in [0.25, 0.3) is 5.92 Å². The minimum Gasteiger partial charge on any atom is -0.461 e. The van der Waals surface area contributed by atoms with Crippen molar-refractivity contribution in [2.24, 2.45) is 0 Å². The van der Waals surface area contributed by atoms with Crippen molar-refractivity contribution in [1.29, 1.82) is 0 Å². The van der Waals surface area contributed by atoms with Gasteiger partial charge >= 0.3 is 5.97 Å². The Morgan fingerprint density at radius 3 is 2.79 bits per heavy atom. The average molecular weight is 271 g/mol. The summed E-state index contributed by atoms with van der Waals surface area (Å²) in [7, 11) is 0. The zero-order valence-corrected chi connectivity index (χ0v) is 10.6. The van der Waals surface area contributed by atoms with Crippen LogP contribution in [-0.2, 0) is 4.74 Å². The van der Waals surface area contributed by atoms with Crippen LogP contribution in [0.5, 0.6) is 0 Å². The molecular weight excluding hydrogens is 256 g/mol. The Balaban J connectivity index is 2.09. The van der Waals surface area contributed by atoms with E-state index in [0.717, 1.165) is 0 Å². The molecule has 0 radical (unpaired) electrons. The normalized spacial score (nSPS) is 18.2. The third-order valence-corrected chi connectivity index (χ3v) is 2.91. The molecule has 0 spiro atoms. The zero-order chi connectivity index (χ0) is 13.9. The quantitative estimate of drug-likeness (QED) is 0.786. The average Bonchev–Trinajstić information content (AvgIpc) is 2.39. The second-order valence-corrected chi connectivity index (χ2v) is 4.31. The lowest BCUT2D eigenvalue weighted by atomic mass is 10.1. The van der Waals surface area contributed by atoms with Crippen LogP contribution in [0.25, 0.3) is 0 Å². The number of piperidine rings is 1. The number of alkyl halides is 2. The molecule has 1 saturated heterocycles. The fourth-order valence-corrected chi connectivity index (χ4v) is 1.85. The number of esters is 1. The van der Waals surface area contributed by atoms with Crippen molar-refractivity contribution in [3.63, 3.8) is 0 Å². The maximum Gasteiger partial charge on any atom is 0.357 e. The number of anilines is 1. The predicted molar refractivity (Wildman–Crippen MR) is 64.4 cm³/mol. The second kappa shape index (κ2) is 5.46. The number of ether oxygens (including phenoxy) is 1. The zero-order valence-electron chi connectivity index (χ0n) is 10.6. The van der Waals surface area contributed by atoms with Crippen LogP contribution in [0.15, 0.2) is 12.3 Å². The number of rotatable bonds is 3. The Morgan fingerprint density at radius 2 is 2.16 bits per heavy atom. The minimum atomic E-state index is -2.62. The van der Waals surface area contributed by atoms with Crippen molar-refractivity contribution < 1.29 is 18.3 Å². The van der Waals surface area contributed by atoms with Gasteiger partial charge in [-0.05, 0) is 13.0 Å². The smallest absolute Gasteiger partial charge is 0.357 e. The summed E-state index contributed by atoms with van der Waals surface area (Å²) in [6.07, 6.45) is 0.987. The van der Waals surface area contributed by atoms with E-state index >= 15 is 0 Å². The van der Waals surface area contributed by atoms with Gasteiger partial charge in [0.05, 0.1) is 6.61 Å². The molecule has 1 fully saturated rings. The highest BCUT2D eigenvalue weighted by Gasteiger charge is 2.34. The summed E-state index contributed by atoms with van der Waals surface area (Å²) in [6.45, 7) is 2.32. The van der Waals surface area contributed by atoms with E-state index in [9.17, 15) is 13.6 Å². The van der Waals surface area contributed by atoms with Gasteiger partial charge in [-0.25, -0.2) is 23.5 Å². The number of hydrogen-bond acceptors (Lipinski definition) is 5. The van der Waals surface area contributed by atoms with E-state index in [-0.39, 0.29) is 38.2 Å². The highest BCUT2D eigenvalue weighted by Crippen LogP contribution is 2.29. The van der Waals surface area contributed by atoms with Gasteiger partial charge in [-0.1, -0.05) is 0 Å². The number of hydrogen-bond donors (Lipinski definition) is 0. The van der Waals surface area contributed by atoms with Crippen LogP contribution in [0.1, 0.15) is 30.3 Å². The molecule has 1 aromatic heterocycles. The lowest BCUT2D eigenvalue weighted by Crippen LogP contribution is -2.40. The number of nitrogens with zero attached hydrogens (tertiary/aromatic N) is 3. The summed E-state index contributed by atoms with van der Waals surface area (Å²) >= 11 is 0. The molecule has 0 atom stereocenters. The van der Waals surface area contributed by atoms with Gasteiger partial charge in [0.2, 0.25) is 5.95 Å². The molecule has 0 aliphatic carbocycles. The van der Waals surface area contributed by atoms with Crippen LogP contribution in [-0.4, -0.2) is 41.6 Å². The van der Waals surface area contributed by atoms with Crippen molar-refractivity contribution in [1.82, 2.24) is 9.97 Å². The molecule has 104 valence electrons. The monoisotopic (exact) mass is 271 g/mol. The van der Waals surface area contributed by atoms with Gasteiger partial charge < -0.3 is 9.64 Å². The molecule has 1 aliphatic rings. The third-order valence-electron chi connectivity index (χ3n) is 2.91. The molecular formula is C12H15F2N3O2. The Bertz CT molecular complexity index is 458. The third kappa shape index (κ3) is 3.36. The van der Waals surface area contributed by atoms with E-state index in [4.69, 9.17) is 4.74 Å². The molecule has 5 nitrogen and oxygen atoms in total. The van der Waals surface area contributed by atoms with Crippen molar-refractivity contribution in [3.8, 4) is 0 Å². The molecule has 1 aliphatic heterocycles. The molecule has 0 saturated carbocycles. The Kier molecular flexibility index (Phi) is 3.92. The van der Waals surface area contributed by atoms with E-state index < -0.39 is 11.9 Å². The highest BCUT2D eigenvalue weighted by molar-refractivity contribution is 5.87. The maximum absolute atomic E-state index is 13.1. The van der Waals surface area contributed by atoms with Gasteiger partial charge in [-0.15, -0.1) is 0 Å². The number of aromatic nitrogens is 2. The first kappa shape index (κ1) is 13.6. The molecule has 7 heteroatoms. The van der Waals surface area contributed by atoms with Gasteiger partial charge in [0.1, 0.15) is 0 Å². The Morgan fingerprint density at radius 1 is 1.47 bits per heavy atom. The number of halogens is 2. The first-order valence-corrected chi connectivity index (χ1v) is 6.15. The van der Waals surface area contributed by atoms with E-state index in [0.29, 0.717) is 5.95 Å². The van der Waals surface area contributed by atoms with Gasteiger partial charge in [0.15, 0.2) is 5.69 Å². The lowest BCUT2D eigenvalue weighted by molar-refractivity contribution is -0.0222. The summed E-state index contributed by atoms with van der Waals surface area (Å²) in [4.78, 5) is 21.3. The molecule has 0 bridgehead atoms. The summed E-state index contributed by atoms with van der Waals surface area (Å²) < 4.78 is 31.0. The van der Waals surface area contributed by atoms with E-state index in [1.54, 1.807) is 11.8 Å². The van der Waals surface area contributed by atoms with Crippen LogP contribution < -0.4 is 4.90 Å². The number of carbonyl (C=O) groups is 1. The lowest BCUT2D eigenvalue weighted by Gasteiger charge is -2.31. The number of carbonyl (C=O) groups excluding carboxylic acids is 1. The molecule has 2 heterocycles. The van der Waals surface area contributed by atoms with Crippen LogP contribution >= 0.6 is 0 Å². The molecule has 0 unspecified atom stereocenters. The minimum absolute atomic E-state index is 0.143. The molecule has 0 aromatic carbocycles. The van der Waals surface area contributed by atoms with Gasteiger partial charge in [-0.2, -0.15) is 0 Å². The summed E-state index contributed by atoms with van der Waals surface area (Å²) in [5, 5.41) is 0. The van der Waals surface area contributed by atoms with Crippen LogP contribution in [0.4, 0.5) is 14.7 Å². The van der Waals surface area contributed by atoms with Crippen molar-refractivity contribution in [2.75, 3.05) is 24.6 Å². The van der Waals surface area contributed by atoms with Crippen LogP contribution in [0.2, 0.25) is 0 Å². The fraction of sp³-hybridized carbons (Fsp3) is 0.583. The largest absolute Gasteiger partial charge is 0.461 e. The highest BCUT2D eigenvalue weighted by atomic mass is 19.3. The van der Waals surface area contributed by atoms with E-state index in [1.807, 2.05) is 0 Å². The van der Waals surface area contributed by atoms with Crippen molar-refractivity contribution >= 4 is 11.9 Å². The predicted octanol–water partition coefficient (Wildman–Crippen LogP) is 1.89. The van der Waals surface area contributed by atoms with Gasteiger partial charge in [-0.3, -0.25) is 0 Å². The van der Waals surface area contributed by atoms with E-state index in [2.05, 4.69) is 9.97 Å². The summed E-state index contributed by atoms with van der Waals surface area (Å²) in [5.74, 6) is -2.86. The first-order chi connectivity index (χ1) is 9.02.